The minimum absolute atomic E-state index is 0.0734. The maximum atomic E-state index is 12.3. The van der Waals surface area contributed by atoms with Crippen LogP contribution in [-0.2, 0) is 17.6 Å². The van der Waals surface area contributed by atoms with Gasteiger partial charge < -0.3 is 16.4 Å². The predicted octanol–water partition coefficient (Wildman–Crippen LogP) is 2.93. The Morgan fingerprint density at radius 3 is 2.77 bits per heavy atom. The fraction of sp³-hybridized carbons (Fsp3) is 0.300. The minimum Gasteiger partial charge on any atom is -0.399 e. The Labute approximate surface area is 153 Å². The Morgan fingerprint density at radius 1 is 1.19 bits per heavy atom. The fourth-order valence-electron chi connectivity index (χ4n) is 3.15. The lowest BCUT2D eigenvalue weighted by molar-refractivity contribution is -0.116. The molecule has 0 atom stereocenters. The van der Waals surface area contributed by atoms with E-state index < -0.39 is 0 Å². The molecule has 1 aliphatic rings. The van der Waals surface area contributed by atoms with Crippen LogP contribution in [0.2, 0.25) is 0 Å². The van der Waals surface area contributed by atoms with E-state index >= 15 is 0 Å². The van der Waals surface area contributed by atoms with E-state index in [9.17, 15) is 9.59 Å². The number of aryl methyl sites for hydroxylation is 1. The number of para-hydroxylation sites is 1. The molecule has 1 aliphatic heterocycles. The van der Waals surface area contributed by atoms with Crippen molar-refractivity contribution in [3.05, 3.63) is 53.6 Å². The third-order valence-electron chi connectivity index (χ3n) is 4.51. The number of anilines is 3. The highest BCUT2D eigenvalue weighted by atomic mass is 16.2. The molecule has 0 aliphatic carbocycles. The molecule has 3 amide bonds. The molecule has 0 fully saturated rings. The lowest BCUT2D eigenvalue weighted by atomic mass is 10.1. The first kappa shape index (κ1) is 17.8. The fourth-order valence-corrected chi connectivity index (χ4v) is 3.15. The molecule has 3 rings (SSSR count). The topological polar surface area (TPSA) is 87.5 Å². The molecule has 26 heavy (non-hydrogen) atoms. The minimum atomic E-state index is -0.103. The molecule has 6 heteroatoms. The molecular weight excluding hydrogens is 328 g/mol. The third kappa shape index (κ3) is 3.96. The summed E-state index contributed by atoms with van der Waals surface area (Å²) in [4.78, 5) is 26.1. The summed E-state index contributed by atoms with van der Waals surface area (Å²) >= 11 is 0. The Hall–Kier alpha value is -3.02. The Balaban J connectivity index is 1.64. The van der Waals surface area contributed by atoms with Crippen molar-refractivity contribution in [2.75, 3.05) is 29.0 Å². The molecule has 0 unspecified atom stereocenters. The maximum Gasteiger partial charge on any atom is 0.321 e. The number of benzene rings is 2. The van der Waals surface area contributed by atoms with Crippen LogP contribution in [0.15, 0.2) is 42.5 Å². The number of urea groups is 1. The molecule has 0 bridgehead atoms. The summed E-state index contributed by atoms with van der Waals surface area (Å²) in [5, 5.41) is 5.73. The van der Waals surface area contributed by atoms with Gasteiger partial charge >= 0.3 is 6.03 Å². The van der Waals surface area contributed by atoms with Crippen molar-refractivity contribution in [2.24, 2.45) is 0 Å². The predicted molar refractivity (Wildman–Crippen MR) is 104 cm³/mol. The van der Waals surface area contributed by atoms with Gasteiger partial charge in [0.25, 0.3) is 0 Å². The summed E-state index contributed by atoms with van der Waals surface area (Å²) < 4.78 is 0. The lowest BCUT2D eigenvalue weighted by Crippen LogP contribution is -2.38. The number of nitrogens with two attached hydrogens (primary N) is 1. The summed E-state index contributed by atoms with van der Waals surface area (Å²) in [5.74, 6) is -0.0734. The molecule has 0 aromatic heterocycles. The van der Waals surface area contributed by atoms with Crippen LogP contribution in [0.4, 0.5) is 21.9 Å². The summed E-state index contributed by atoms with van der Waals surface area (Å²) in [6, 6.07) is 13.2. The number of rotatable bonds is 5. The van der Waals surface area contributed by atoms with Crippen LogP contribution in [0.25, 0.3) is 0 Å². The van der Waals surface area contributed by atoms with Crippen LogP contribution < -0.4 is 21.3 Å². The van der Waals surface area contributed by atoms with Crippen LogP contribution >= 0.6 is 0 Å². The van der Waals surface area contributed by atoms with Gasteiger partial charge in [0.15, 0.2) is 0 Å². The van der Waals surface area contributed by atoms with Crippen LogP contribution in [0.3, 0.4) is 0 Å². The highest BCUT2D eigenvalue weighted by molar-refractivity contribution is 5.96. The monoisotopic (exact) mass is 352 g/mol. The Bertz CT molecular complexity index is 819. The standard InChI is InChI=1S/C20H24N4O2/c1-2-22-20(26)24-12-11-15-7-9-16(13-18(15)24)23-19(25)10-8-14-5-3-4-6-17(14)21/h3-7,9,13H,2,8,10-12,21H2,1H3,(H,22,26)(H,23,25). The first-order chi connectivity index (χ1) is 12.6. The van der Waals surface area contributed by atoms with Gasteiger partial charge in [0.05, 0.1) is 5.69 Å². The molecular formula is C20H24N4O2. The summed E-state index contributed by atoms with van der Waals surface area (Å²) in [6.07, 6.45) is 1.77. The molecule has 2 aromatic rings. The second-order valence-corrected chi connectivity index (χ2v) is 6.33. The molecule has 0 radical (unpaired) electrons. The lowest BCUT2D eigenvalue weighted by Gasteiger charge is -2.18. The van der Waals surface area contributed by atoms with Gasteiger partial charge in [-0.05, 0) is 49.1 Å². The zero-order valence-electron chi connectivity index (χ0n) is 14.9. The summed E-state index contributed by atoms with van der Waals surface area (Å²) in [5.41, 5.74) is 10.3. The van der Waals surface area contributed by atoms with Crippen LogP contribution in [-0.4, -0.2) is 25.0 Å². The van der Waals surface area contributed by atoms with E-state index in [1.54, 1.807) is 4.90 Å². The van der Waals surface area contributed by atoms with Crippen LogP contribution in [0.5, 0.6) is 0 Å². The number of nitrogens with one attached hydrogen (secondary N) is 2. The highest BCUT2D eigenvalue weighted by Crippen LogP contribution is 2.31. The van der Waals surface area contributed by atoms with Gasteiger partial charge in [-0.25, -0.2) is 4.79 Å². The zero-order valence-corrected chi connectivity index (χ0v) is 14.9. The van der Waals surface area contributed by atoms with E-state index in [0.717, 1.165) is 23.2 Å². The van der Waals surface area contributed by atoms with Gasteiger partial charge in [-0.2, -0.15) is 0 Å². The maximum absolute atomic E-state index is 12.3. The molecule has 0 saturated carbocycles. The van der Waals surface area contributed by atoms with Crippen molar-refractivity contribution in [3.8, 4) is 0 Å². The SMILES string of the molecule is CCNC(=O)N1CCc2ccc(NC(=O)CCc3ccccc3N)cc21. The third-order valence-corrected chi connectivity index (χ3v) is 4.51. The van der Waals surface area contributed by atoms with Crippen LogP contribution in [0.1, 0.15) is 24.5 Å². The average Bonchev–Trinajstić information content (AvgIpc) is 3.04. The van der Waals surface area contributed by atoms with E-state index in [-0.39, 0.29) is 11.9 Å². The van der Waals surface area contributed by atoms with Crippen molar-refractivity contribution in [1.29, 1.82) is 0 Å². The molecule has 136 valence electrons. The van der Waals surface area contributed by atoms with Crippen molar-refractivity contribution in [3.63, 3.8) is 0 Å². The van der Waals surface area contributed by atoms with E-state index in [1.165, 1.54) is 0 Å². The molecule has 0 saturated heterocycles. The second-order valence-electron chi connectivity index (χ2n) is 6.33. The molecule has 6 nitrogen and oxygen atoms in total. The van der Waals surface area contributed by atoms with E-state index in [2.05, 4.69) is 10.6 Å². The Kier molecular flexibility index (Phi) is 5.41. The van der Waals surface area contributed by atoms with Gasteiger partial charge in [0.2, 0.25) is 5.91 Å². The van der Waals surface area contributed by atoms with Crippen molar-refractivity contribution in [2.45, 2.75) is 26.2 Å². The van der Waals surface area contributed by atoms with Crippen molar-refractivity contribution in [1.82, 2.24) is 5.32 Å². The van der Waals surface area contributed by atoms with E-state index in [0.29, 0.717) is 37.3 Å². The highest BCUT2D eigenvalue weighted by Gasteiger charge is 2.24. The van der Waals surface area contributed by atoms with Crippen LogP contribution in [0, 0.1) is 0 Å². The number of hydrogen-bond donors (Lipinski definition) is 3. The largest absolute Gasteiger partial charge is 0.399 e. The number of nitrogens with zero attached hydrogens (tertiary/aromatic N) is 1. The van der Waals surface area contributed by atoms with E-state index in [4.69, 9.17) is 5.73 Å². The number of nitrogen functional groups attached to an aromatic ring is 1. The quantitative estimate of drug-likeness (QED) is 0.723. The number of carbonyl (C=O) groups is 2. The van der Waals surface area contributed by atoms with Gasteiger partial charge in [-0.15, -0.1) is 0 Å². The van der Waals surface area contributed by atoms with Gasteiger partial charge in [0, 0.05) is 30.9 Å². The zero-order chi connectivity index (χ0) is 18.5. The number of fused-ring (bicyclic) bond motifs is 1. The number of hydrogen-bond acceptors (Lipinski definition) is 3. The average molecular weight is 352 g/mol. The first-order valence-electron chi connectivity index (χ1n) is 8.90. The van der Waals surface area contributed by atoms with Gasteiger partial charge in [-0.3, -0.25) is 9.69 Å². The van der Waals surface area contributed by atoms with Crippen molar-refractivity contribution >= 4 is 29.0 Å². The summed E-state index contributed by atoms with van der Waals surface area (Å²) in [6.45, 7) is 3.14. The molecule has 4 N–H and O–H groups in total. The first-order valence-corrected chi connectivity index (χ1v) is 8.90. The second kappa shape index (κ2) is 7.91. The van der Waals surface area contributed by atoms with E-state index in [1.807, 2.05) is 49.4 Å². The molecule has 2 aromatic carbocycles. The molecule has 1 heterocycles. The number of carbonyl (C=O) groups excluding carboxylic acids is 2. The summed E-state index contributed by atoms with van der Waals surface area (Å²) in [7, 11) is 0. The molecule has 0 spiro atoms. The smallest absolute Gasteiger partial charge is 0.321 e. The number of amides is 3. The normalized spacial score (nSPS) is 12.6. The van der Waals surface area contributed by atoms with Gasteiger partial charge in [0.1, 0.15) is 0 Å². The van der Waals surface area contributed by atoms with Crippen molar-refractivity contribution < 1.29 is 9.59 Å². The van der Waals surface area contributed by atoms with Gasteiger partial charge in [-0.1, -0.05) is 24.3 Å². The Morgan fingerprint density at radius 2 is 2.00 bits per heavy atom.